The molecular formula is C4H12N4O2. The Bertz CT molecular complexity index is 97.3. The van der Waals surface area contributed by atoms with Gasteiger partial charge in [-0.2, -0.15) is 5.90 Å². The summed E-state index contributed by atoms with van der Waals surface area (Å²) in [5, 5.41) is 2.74. The van der Waals surface area contributed by atoms with Gasteiger partial charge in [-0.25, -0.2) is 4.79 Å². The maximum atomic E-state index is 10.3. The van der Waals surface area contributed by atoms with E-state index in [9.17, 15) is 4.79 Å². The Morgan fingerprint density at radius 2 is 2.20 bits per heavy atom. The van der Waals surface area contributed by atoms with Crippen LogP contribution in [0.3, 0.4) is 0 Å². The minimum Gasteiger partial charge on any atom is -0.372 e. The second-order valence-corrected chi connectivity index (χ2v) is 1.62. The molecule has 0 saturated carbocycles. The quantitative estimate of drug-likeness (QED) is 0.194. The number of nitrogens with two attached hydrogens (primary N) is 2. The third-order valence-corrected chi connectivity index (χ3v) is 0.847. The molecule has 0 amide bonds. The normalized spacial score (nSPS) is 9.40. The molecule has 0 heterocycles. The minimum absolute atomic E-state index is 0.109. The molecule has 10 heavy (non-hydrogen) atoms. The summed E-state index contributed by atoms with van der Waals surface area (Å²) in [6.45, 7) is 1.31. The van der Waals surface area contributed by atoms with E-state index < -0.39 is 5.97 Å². The van der Waals surface area contributed by atoms with Gasteiger partial charge in [0.2, 0.25) is 0 Å². The predicted octanol–water partition coefficient (Wildman–Crippen LogP) is -2.54. The summed E-state index contributed by atoms with van der Waals surface area (Å²) in [6, 6.07) is 0. The summed E-state index contributed by atoms with van der Waals surface area (Å²) in [5.41, 5.74) is 2.41. The fourth-order valence-corrected chi connectivity index (χ4v) is 0.393. The van der Waals surface area contributed by atoms with Crippen molar-refractivity contribution in [2.24, 2.45) is 11.7 Å². The number of nitrogens with one attached hydrogen (secondary N) is 2. The Balaban J connectivity index is 2.96. The molecule has 6 N–H and O–H groups in total. The molecule has 6 heteroatoms. The van der Waals surface area contributed by atoms with E-state index in [-0.39, 0.29) is 6.54 Å². The van der Waals surface area contributed by atoms with Crippen molar-refractivity contribution in [2.75, 3.05) is 19.6 Å². The van der Waals surface area contributed by atoms with E-state index in [0.717, 1.165) is 0 Å². The molecule has 0 aliphatic rings. The summed E-state index contributed by atoms with van der Waals surface area (Å²) < 4.78 is 0. The zero-order chi connectivity index (χ0) is 7.82. The van der Waals surface area contributed by atoms with Crippen molar-refractivity contribution in [3.8, 4) is 0 Å². The smallest absolute Gasteiger partial charge is 0.338 e. The lowest BCUT2D eigenvalue weighted by atomic mass is 10.6. The molecule has 0 aliphatic heterocycles. The lowest BCUT2D eigenvalue weighted by Gasteiger charge is -2.00. The van der Waals surface area contributed by atoms with Crippen LogP contribution >= 0.6 is 0 Å². The number of rotatable bonds is 5. The third kappa shape index (κ3) is 5.45. The van der Waals surface area contributed by atoms with Crippen molar-refractivity contribution < 1.29 is 9.63 Å². The van der Waals surface area contributed by atoms with Gasteiger partial charge in [-0.15, -0.1) is 0 Å². The highest BCUT2D eigenvalue weighted by molar-refractivity contribution is 5.71. The standard InChI is InChI=1S/C4H12N4O2/c5-8-2-1-7-3-4(9)10-6/h7-8H,1-3,5-6H2. The first-order valence-electron chi connectivity index (χ1n) is 2.85. The molecule has 0 atom stereocenters. The molecule has 0 fully saturated rings. The van der Waals surface area contributed by atoms with E-state index in [1.165, 1.54) is 0 Å². The Labute approximate surface area is 58.8 Å². The van der Waals surface area contributed by atoms with E-state index in [1.54, 1.807) is 0 Å². The molecule has 0 radical (unpaired) electrons. The van der Waals surface area contributed by atoms with Crippen molar-refractivity contribution in [1.29, 1.82) is 0 Å². The van der Waals surface area contributed by atoms with E-state index in [1.807, 2.05) is 0 Å². The van der Waals surface area contributed by atoms with Crippen molar-refractivity contribution in [3.05, 3.63) is 0 Å². The largest absolute Gasteiger partial charge is 0.372 e. The monoisotopic (exact) mass is 148 g/mol. The van der Waals surface area contributed by atoms with E-state index >= 15 is 0 Å². The van der Waals surface area contributed by atoms with Crippen molar-refractivity contribution in [2.45, 2.75) is 0 Å². The zero-order valence-electron chi connectivity index (χ0n) is 5.59. The van der Waals surface area contributed by atoms with Gasteiger partial charge < -0.3 is 10.2 Å². The van der Waals surface area contributed by atoms with Crippen LogP contribution in [-0.4, -0.2) is 25.6 Å². The first-order chi connectivity index (χ1) is 4.81. The van der Waals surface area contributed by atoms with Crippen LogP contribution in [0.4, 0.5) is 0 Å². The lowest BCUT2D eigenvalue weighted by molar-refractivity contribution is -0.143. The highest BCUT2D eigenvalue weighted by atomic mass is 16.7. The zero-order valence-corrected chi connectivity index (χ0v) is 5.59. The van der Waals surface area contributed by atoms with Gasteiger partial charge >= 0.3 is 5.97 Å². The lowest BCUT2D eigenvalue weighted by Crippen LogP contribution is -2.35. The molecule has 0 aromatic carbocycles. The predicted molar refractivity (Wildman–Crippen MR) is 35.3 cm³/mol. The molecule has 0 aromatic heterocycles. The molecule has 6 nitrogen and oxygen atoms in total. The number of hydrogen-bond acceptors (Lipinski definition) is 6. The minimum atomic E-state index is -0.489. The van der Waals surface area contributed by atoms with E-state index in [2.05, 4.69) is 21.5 Å². The number of hydrazine groups is 1. The van der Waals surface area contributed by atoms with Gasteiger partial charge in [0.15, 0.2) is 0 Å². The van der Waals surface area contributed by atoms with Crippen LogP contribution in [-0.2, 0) is 9.63 Å². The van der Waals surface area contributed by atoms with Gasteiger partial charge in [0.1, 0.15) is 0 Å². The SMILES string of the molecule is NNCCNCC(=O)ON. The Hall–Kier alpha value is -0.690. The van der Waals surface area contributed by atoms with Crippen LogP contribution in [0.15, 0.2) is 0 Å². The van der Waals surface area contributed by atoms with E-state index in [0.29, 0.717) is 13.1 Å². The highest BCUT2D eigenvalue weighted by Gasteiger charge is 1.96. The van der Waals surface area contributed by atoms with Gasteiger partial charge in [-0.1, -0.05) is 0 Å². The number of carbonyl (C=O) groups is 1. The summed E-state index contributed by atoms with van der Waals surface area (Å²) in [7, 11) is 0. The second-order valence-electron chi connectivity index (χ2n) is 1.62. The summed E-state index contributed by atoms with van der Waals surface area (Å²) >= 11 is 0. The van der Waals surface area contributed by atoms with Crippen LogP contribution in [0.2, 0.25) is 0 Å². The van der Waals surface area contributed by atoms with Crippen LogP contribution in [0.1, 0.15) is 0 Å². The second kappa shape index (κ2) is 6.43. The topological polar surface area (TPSA) is 102 Å². The van der Waals surface area contributed by atoms with Crippen molar-refractivity contribution in [3.63, 3.8) is 0 Å². The van der Waals surface area contributed by atoms with Crippen LogP contribution in [0.5, 0.6) is 0 Å². The molecule has 0 bridgehead atoms. The van der Waals surface area contributed by atoms with E-state index in [4.69, 9.17) is 5.84 Å². The van der Waals surface area contributed by atoms with Crippen molar-refractivity contribution in [1.82, 2.24) is 10.7 Å². The Morgan fingerprint density at radius 1 is 1.50 bits per heavy atom. The van der Waals surface area contributed by atoms with Gasteiger partial charge in [0.05, 0.1) is 6.54 Å². The first kappa shape index (κ1) is 9.31. The van der Waals surface area contributed by atoms with Gasteiger partial charge in [-0.05, 0) is 0 Å². The molecular weight excluding hydrogens is 136 g/mol. The fourth-order valence-electron chi connectivity index (χ4n) is 0.393. The maximum Gasteiger partial charge on any atom is 0.338 e. The molecule has 0 saturated heterocycles. The van der Waals surface area contributed by atoms with Crippen LogP contribution < -0.4 is 22.5 Å². The fraction of sp³-hybridized carbons (Fsp3) is 0.750. The van der Waals surface area contributed by atoms with Crippen LogP contribution in [0, 0.1) is 0 Å². The van der Waals surface area contributed by atoms with Crippen molar-refractivity contribution >= 4 is 5.97 Å². The summed E-state index contributed by atoms with van der Waals surface area (Å²) in [4.78, 5) is 14.2. The Morgan fingerprint density at radius 3 is 2.70 bits per heavy atom. The summed E-state index contributed by atoms with van der Waals surface area (Å²) in [6.07, 6.45) is 0. The third-order valence-electron chi connectivity index (χ3n) is 0.847. The first-order valence-corrected chi connectivity index (χ1v) is 2.85. The Kier molecular flexibility index (Phi) is 5.99. The van der Waals surface area contributed by atoms with Gasteiger partial charge in [0.25, 0.3) is 0 Å². The average Bonchev–Trinajstić information content (AvgIpc) is 1.98. The number of carbonyl (C=O) groups excluding carboxylic acids is 1. The molecule has 60 valence electrons. The number of hydrogen-bond donors (Lipinski definition) is 4. The maximum absolute atomic E-state index is 10.3. The van der Waals surface area contributed by atoms with Gasteiger partial charge in [-0.3, -0.25) is 11.3 Å². The molecule has 0 spiro atoms. The summed E-state index contributed by atoms with van der Waals surface area (Å²) in [5.74, 6) is 9.02. The molecule has 0 unspecified atom stereocenters. The molecule has 0 rings (SSSR count). The average molecular weight is 148 g/mol. The molecule has 0 aromatic rings. The molecule has 0 aliphatic carbocycles. The van der Waals surface area contributed by atoms with Gasteiger partial charge in [0, 0.05) is 13.1 Å². The van der Waals surface area contributed by atoms with Crippen LogP contribution in [0.25, 0.3) is 0 Å². The highest BCUT2D eigenvalue weighted by Crippen LogP contribution is 1.64.